The molecule has 1 aliphatic rings. The van der Waals surface area contributed by atoms with Gasteiger partial charge in [0, 0.05) is 30.4 Å². The molecular formula is C29H30N6O3. The van der Waals surface area contributed by atoms with Crippen LogP contribution in [0.1, 0.15) is 30.7 Å². The summed E-state index contributed by atoms with van der Waals surface area (Å²) in [5.74, 6) is 1.86. The quantitative estimate of drug-likeness (QED) is 0.338. The molecule has 0 aliphatic heterocycles. The Bertz CT molecular complexity index is 1570. The Kier molecular flexibility index (Phi) is 6.83. The molecule has 3 heterocycles. The average Bonchev–Trinajstić information content (AvgIpc) is 3.22. The van der Waals surface area contributed by atoms with E-state index in [2.05, 4.69) is 37.5 Å². The summed E-state index contributed by atoms with van der Waals surface area (Å²) in [5.41, 5.74) is 12.0. The summed E-state index contributed by atoms with van der Waals surface area (Å²) in [6.07, 6.45) is 7.27. The van der Waals surface area contributed by atoms with E-state index in [9.17, 15) is 4.79 Å². The minimum absolute atomic E-state index is 0.0685. The van der Waals surface area contributed by atoms with Gasteiger partial charge < -0.3 is 25.1 Å². The number of fused-ring (bicyclic) bond motifs is 1. The lowest BCUT2D eigenvalue weighted by Gasteiger charge is -2.24. The van der Waals surface area contributed by atoms with Crippen molar-refractivity contribution < 1.29 is 14.3 Å². The van der Waals surface area contributed by atoms with Gasteiger partial charge >= 0.3 is 0 Å². The maximum absolute atomic E-state index is 11.8. The predicted molar refractivity (Wildman–Crippen MR) is 148 cm³/mol. The molecule has 0 fully saturated rings. The number of carbonyl (C=O) groups is 1. The van der Waals surface area contributed by atoms with Crippen molar-refractivity contribution in [2.45, 2.75) is 32.2 Å². The molecule has 0 radical (unpaired) electrons. The highest BCUT2D eigenvalue weighted by atomic mass is 16.5. The lowest BCUT2D eigenvalue weighted by atomic mass is 9.89. The second-order valence-corrected chi connectivity index (χ2v) is 9.24. The molecule has 1 aromatic carbocycles. The Hall–Kier alpha value is -4.66. The first-order chi connectivity index (χ1) is 18.4. The molecule has 3 N–H and O–H groups in total. The standard InChI is InChI=1S/C29H30N6O3/c1-5-23(36)34-20-12-9-18(10-13-20)27-25(26-28(30)31-16-32-29(26)35(27)3)19-11-14-21(22(15-19)37-4)38-24-8-6-7-17(2)33-24/h5-9,11,14-16,20H,1,10,12-13H2,2-4H3,(H,34,36)(H2,30,31,32). The van der Waals surface area contributed by atoms with Crippen molar-refractivity contribution in [3.8, 4) is 28.5 Å². The average molecular weight is 511 g/mol. The second kappa shape index (κ2) is 10.4. The minimum atomic E-state index is -0.157. The van der Waals surface area contributed by atoms with Crippen LogP contribution >= 0.6 is 0 Å². The van der Waals surface area contributed by atoms with Gasteiger partial charge in [0.15, 0.2) is 11.5 Å². The van der Waals surface area contributed by atoms with Gasteiger partial charge in [-0.05, 0) is 61.6 Å². The number of allylic oxidation sites excluding steroid dienone is 1. The number of amides is 1. The van der Waals surface area contributed by atoms with Crippen LogP contribution in [0, 0.1) is 6.92 Å². The topological polar surface area (TPSA) is 117 Å². The van der Waals surface area contributed by atoms with Crippen molar-refractivity contribution in [1.82, 2.24) is 24.8 Å². The number of nitrogens with one attached hydrogen (secondary N) is 1. The molecule has 3 aromatic heterocycles. The summed E-state index contributed by atoms with van der Waals surface area (Å²) in [5, 5.41) is 3.78. The molecule has 1 amide bonds. The van der Waals surface area contributed by atoms with Crippen LogP contribution in [0.2, 0.25) is 0 Å². The molecule has 1 atom stereocenters. The number of benzene rings is 1. The number of aromatic nitrogens is 4. The number of methoxy groups -OCH3 is 1. The zero-order chi connectivity index (χ0) is 26.8. The Labute approximate surface area is 221 Å². The number of nitrogens with two attached hydrogens (primary N) is 1. The third kappa shape index (κ3) is 4.70. The second-order valence-electron chi connectivity index (χ2n) is 9.24. The van der Waals surface area contributed by atoms with Crippen LogP contribution in [0.5, 0.6) is 17.4 Å². The molecule has 5 rings (SSSR count). The molecule has 194 valence electrons. The fourth-order valence-electron chi connectivity index (χ4n) is 4.97. The third-order valence-electron chi connectivity index (χ3n) is 6.77. The number of carbonyl (C=O) groups excluding carboxylic acids is 1. The summed E-state index contributed by atoms with van der Waals surface area (Å²) >= 11 is 0. The van der Waals surface area contributed by atoms with E-state index in [1.807, 2.05) is 50.4 Å². The number of nitrogen functional groups attached to an aromatic ring is 1. The van der Waals surface area contributed by atoms with Gasteiger partial charge in [-0.25, -0.2) is 15.0 Å². The highest BCUT2D eigenvalue weighted by Crippen LogP contribution is 2.44. The number of nitrogens with zero attached hydrogens (tertiary/aromatic N) is 4. The van der Waals surface area contributed by atoms with E-state index in [1.165, 1.54) is 12.4 Å². The lowest BCUT2D eigenvalue weighted by molar-refractivity contribution is -0.117. The van der Waals surface area contributed by atoms with E-state index in [4.69, 9.17) is 15.2 Å². The molecule has 4 aromatic rings. The maximum Gasteiger partial charge on any atom is 0.243 e. The Morgan fingerprint density at radius 2 is 2.08 bits per heavy atom. The van der Waals surface area contributed by atoms with Gasteiger partial charge in [0.25, 0.3) is 0 Å². The monoisotopic (exact) mass is 510 g/mol. The van der Waals surface area contributed by atoms with Gasteiger partial charge in [-0.15, -0.1) is 0 Å². The van der Waals surface area contributed by atoms with Crippen LogP contribution in [0.25, 0.3) is 27.7 Å². The number of rotatable bonds is 7. The molecule has 1 unspecified atom stereocenters. The summed E-state index contributed by atoms with van der Waals surface area (Å²) in [7, 11) is 3.59. The molecular weight excluding hydrogens is 480 g/mol. The normalized spacial score (nSPS) is 15.1. The van der Waals surface area contributed by atoms with E-state index < -0.39 is 0 Å². The number of aryl methyl sites for hydroxylation is 2. The van der Waals surface area contributed by atoms with Gasteiger partial charge in [0.05, 0.1) is 18.2 Å². The van der Waals surface area contributed by atoms with Crippen LogP contribution in [0.15, 0.2) is 61.5 Å². The van der Waals surface area contributed by atoms with Gasteiger partial charge in [-0.1, -0.05) is 24.8 Å². The fourth-order valence-corrected chi connectivity index (χ4v) is 4.97. The third-order valence-corrected chi connectivity index (χ3v) is 6.77. The molecule has 0 saturated carbocycles. The highest BCUT2D eigenvalue weighted by molar-refractivity contribution is 6.06. The molecule has 0 saturated heterocycles. The first-order valence-electron chi connectivity index (χ1n) is 12.4. The number of hydrogen-bond acceptors (Lipinski definition) is 7. The maximum atomic E-state index is 11.8. The van der Waals surface area contributed by atoms with Crippen LogP contribution in [-0.4, -0.2) is 38.6 Å². The van der Waals surface area contributed by atoms with E-state index in [1.54, 1.807) is 7.11 Å². The molecule has 38 heavy (non-hydrogen) atoms. The van der Waals surface area contributed by atoms with Crippen molar-refractivity contribution in [3.05, 3.63) is 72.8 Å². The van der Waals surface area contributed by atoms with Crippen molar-refractivity contribution in [2.24, 2.45) is 7.05 Å². The van der Waals surface area contributed by atoms with Gasteiger partial charge in [0.1, 0.15) is 17.8 Å². The fraction of sp³-hybridized carbons (Fsp3) is 0.241. The minimum Gasteiger partial charge on any atom is -0.493 e. The van der Waals surface area contributed by atoms with Gasteiger partial charge in [0.2, 0.25) is 11.8 Å². The van der Waals surface area contributed by atoms with Crippen LogP contribution in [-0.2, 0) is 11.8 Å². The van der Waals surface area contributed by atoms with Crippen molar-refractivity contribution in [2.75, 3.05) is 12.8 Å². The Morgan fingerprint density at radius 3 is 2.79 bits per heavy atom. The summed E-state index contributed by atoms with van der Waals surface area (Å²) < 4.78 is 13.8. The molecule has 9 heteroatoms. The molecule has 0 spiro atoms. The van der Waals surface area contributed by atoms with Crippen molar-refractivity contribution in [1.29, 1.82) is 0 Å². The summed E-state index contributed by atoms with van der Waals surface area (Å²) in [6.45, 7) is 5.46. The number of anilines is 1. The van der Waals surface area contributed by atoms with Crippen LogP contribution in [0.3, 0.4) is 0 Å². The SMILES string of the molecule is C=CC(=O)NC1CC=C(c2c(-c3ccc(Oc4cccc(C)n4)c(OC)c3)c3c(N)ncnc3n2C)CC1. The van der Waals surface area contributed by atoms with Crippen molar-refractivity contribution >= 4 is 28.3 Å². The number of ether oxygens (including phenoxy) is 2. The van der Waals surface area contributed by atoms with E-state index in [0.29, 0.717) is 23.2 Å². The lowest BCUT2D eigenvalue weighted by Crippen LogP contribution is -2.34. The van der Waals surface area contributed by atoms with E-state index >= 15 is 0 Å². The predicted octanol–water partition coefficient (Wildman–Crippen LogP) is 4.96. The molecule has 0 bridgehead atoms. The number of hydrogen-bond donors (Lipinski definition) is 2. The summed E-state index contributed by atoms with van der Waals surface area (Å²) in [4.78, 5) is 25.1. The first kappa shape index (κ1) is 25.0. The molecule has 1 aliphatic carbocycles. The smallest absolute Gasteiger partial charge is 0.243 e. The zero-order valence-electron chi connectivity index (χ0n) is 21.7. The molecule has 9 nitrogen and oxygen atoms in total. The van der Waals surface area contributed by atoms with Gasteiger partial charge in [-0.2, -0.15) is 0 Å². The first-order valence-corrected chi connectivity index (χ1v) is 12.4. The highest BCUT2D eigenvalue weighted by Gasteiger charge is 2.26. The van der Waals surface area contributed by atoms with Crippen LogP contribution < -0.4 is 20.5 Å². The Balaban J connectivity index is 1.60. The van der Waals surface area contributed by atoms with E-state index in [0.717, 1.165) is 58.4 Å². The van der Waals surface area contributed by atoms with Crippen LogP contribution in [0.4, 0.5) is 5.82 Å². The number of pyridine rings is 1. The zero-order valence-corrected chi connectivity index (χ0v) is 21.7. The Morgan fingerprint density at radius 1 is 1.24 bits per heavy atom. The summed E-state index contributed by atoms with van der Waals surface area (Å²) in [6, 6.07) is 11.5. The largest absolute Gasteiger partial charge is 0.493 e. The van der Waals surface area contributed by atoms with Gasteiger partial charge in [-0.3, -0.25) is 4.79 Å². The van der Waals surface area contributed by atoms with Crippen molar-refractivity contribution in [3.63, 3.8) is 0 Å². The van der Waals surface area contributed by atoms with E-state index in [-0.39, 0.29) is 11.9 Å².